The Balaban J connectivity index is 2.10. The van der Waals surface area contributed by atoms with Crippen molar-refractivity contribution in [2.45, 2.75) is 57.1 Å². The van der Waals surface area contributed by atoms with Crippen LogP contribution in [-0.4, -0.2) is 57.5 Å². The van der Waals surface area contributed by atoms with Gasteiger partial charge in [0.2, 0.25) is 11.8 Å². The molecule has 42 heavy (non-hydrogen) atoms. The Morgan fingerprint density at radius 3 is 2.21 bits per heavy atom. The number of sulfonamides is 1. The topological polar surface area (TPSA) is 105 Å². The van der Waals surface area contributed by atoms with Crippen LogP contribution >= 0.6 is 11.6 Å². The van der Waals surface area contributed by atoms with Crippen LogP contribution in [-0.2, 0) is 26.2 Å². The van der Waals surface area contributed by atoms with E-state index in [4.69, 9.17) is 21.1 Å². The summed E-state index contributed by atoms with van der Waals surface area (Å²) >= 11 is 6.37. The molecule has 3 aromatic carbocycles. The number of benzene rings is 3. The van der Waals surface area contributed by atoms with Crippen molar-refractivity contribution >= 4 is 39.1 Å². The van der Waals surface area contributed by atoms with Crippen molar-refractivity contribution in [1.82, 2.24) is 10.2 Å². The zero-order chi connectivity index (χ0) is 31.1. The summed E-state index contributed by atoms with van der Waals surface area (Å²) in [5, 5.41) is 3.13. The van der Waals surface area contributed by atoms with Gasteiger partial charge in [-0.1, -0.05) is 48.9 Å². The quantitative estimate of drug-likeness (QED) is 0.297. The molecule has 1 unspecified atom stereocenters. The second kappa shape index (κ2) is 13.9. The standard InChI is InChI=1S/C31H38ClN3O6S/c1-7-27(30(37)33-31(2,3)4)34(20-22-12-11-13-24(18-22)40-5)29(36)21-35(23-16-17-28(41-6)26(32)19-23)42(38,39)25-14-9-8-10-15-25/h8-19,27H,7,20-21H2,1-6H3,(H,33,37). The number of nitrogens with one attached hydrogen (secondary N) is 1. The minimum Gasteiger partial charge on any atom is -0.497 e. The van der Waals surface area contributed by atoms with Gasteiger partial charge in [-0.15, -0.1) is 0 Å². The highest BCUT2D eigenvalue weighted by molar-refractivity contribution is 7.92. The molecule has 0 bridgehead atoms. The number of carbonyl (C=O) groups is 2. The number of methoxy groups -OCH3 is 2. The first-order valence-electron chi connectivity index (χ1n) is 13.5. The molecule has 0 radical (unpaired) electrons. The van der Waals surface area contributed by atoms with Crippen LogP contribution in [0.4, 0.5) is 5.69 Å². The number of hydrogen-bond acceptors (Lipinski definition) is 6. The van der Waals surface area contributed by atoms with Gasteiger partial charge in [-0.3, -0.25) is 13.9 Å². The lowest BCUT2D eigenvalue weighted by atomic mass is 10.1. The number of carbonyl (C=O) groups excluding carboxylic acids is 2. The van der Waals surface area contributed by atoms with Gasteiger partial charge in [0.25, 0.3) is 10.0 Å². The maximum Gasteiger partial charge on any atom is 0.264 e. The lowest BCUT2D eigenvalue weighted by molar-refractivity contribution is -0.141. The van der Waals surface area contributed by atoms with E-state index in [9.17, 15) is 18.0 Å². The van der Waals surface area contributed by atoms with E-state index in [2.05, 4.69) is 5.32 Å². The summed E-state index contributed by atoms with van der Waals surface area (Å²) in [6.07, 6.45) is 0.303. The average molecular weight is 616 g/mol. The van der Waals surface area contributed by atoms with Gasteiger partial charge in [-0.2, -0.15) is 0 Å². The van der Waals surface area contributed by atoms with E-state index in [0.717, 1.165) is 9.87 Å². The van der Waals surface area contributed by atoms with Crippen molar-refractivity contribution in [1.29, 1.82) is 0 Å². The first kappa shape index (κ1) is 32.8. The van der Waals surface area contributed by atoms with Crippen molar-refractivity contribution in [3.63, 3.8) is 0 Å². The predicted molar refractivity (Wildman–Crippen MR) is 164 cm³/mol. The number of nitrogens with zero attached hydrogens (tertiary/aromatic N) is 2. The van der Waals surface area contributed by atoms with Gasteiger partial charge in [-0.05, 0) is 75.2 Å². The average Bonchev–Trinajstić information content (AvgIpc) is 2.95. The van der Waals surface area contributed by atoms with Crippen molar-refractivity contribution in [3.05, 3.63) is 83.4 Å². The Morgan fingerprint density at radius 2 is 1.64 bits per heavy atom. The highest BCUT2D eigenvalue weighted by atomic mass is 35.5. The first-order valence-corrected chi connectivity index (χ1v) is 15.3. The number of amides is 2. The highest BCUT2D eigenvalue weighted by Crippen LogP contribution is 2.32. The summed E-state index contributed by atoms with van der Waals surface area (Å²) in [6.45, 7) is 6.84. The molecule has 0 spiro atoms. The maximum absolute atomic E-state index is 14.2. The van der Waals surface area contributed by atoms with Crippen LogP contribution in [0, 0.1) is 0 Å². The van der Waals surface area contributed by atoms with Crippen LogP contribution in [0.5, 0.6) is 11.5 Å². The van der Waals surface area contributed by atoms with Crippen molar-refractivity contribution in [3.8, 4) is 11.5 Å². The third kappa shape index (κ3) is 8.17. The van der Waals surface area contributed by atoms with E-state index < -0.39 is 34.1 Å². The predicted octanol–water partition coefficient (Wildman–Crippen LogP) is 5.27. The Kier molecular flexibility index (Phi) is 10.9. The van der Waals surface area contributed by atoms with E-state index in [1.54, 1.807) is 50.4 Å². The molecule has 0 aliphatic carbocycles. The van der Waals surface area contributed by atoms with Crippen molar-refractivity contribution in [2.24, 2.45) is 0 Å². The number of rotatable bonds is 12. The Hall–Kier alpha value is -3.76. The molecule has 0 aliphatic heterocycles. The molecule has 0 saturated heterocycles. The molecule has 1 atom stereocenters. The van der Waals surface area contributed by atoms with Gasteiger partial charge >= 0.3 is 0 Å². The molecule has 0 aromatic heterocycles. The van der Waals surface area contributed by atoms with Gasteiger partial charge in [0, 0.05) is 12.1 Å². The Labute approximate surface area is 253 Å². The first-order chi connectivity index (χ1) is 19.8. The van der Waals surface area contributed by atoms with E-state index >= 15 is 0 Å². The maximum atomic E-state index is 14.2. The molecular formula is C31H38ClN3O6S. The van der Waals surface area contributed by atoms with E-state index in [0.29, 0.717) is 17.9 Å². The number of halogens is 1. The lowest BCUT2D eigenvalue weighted by Crippen LogP contribution is -2.55. The smallest absolute Gasteiger partial charge is 0.264 e. The van der Waals surface area contributed by atoms with Gasteiger partial charge in [-0.25, -0.2) is 8.42 Å². The van der Waals surface area contributed by atoms with Crippen LogP contribution in [0.15, 0.2) is 77.7 Å². The molecular weight excluding hydrogens is 578 g/mol. The molecule has 0 saturated carbocycles. The third-order valence-corrected chi connectivity index (χ3v) is 8.49. The molecule has 3 rings (SSSR count). The van der Waals surface area contributed by atoms with Gasteiger partial charge < -0.3 is 19.7 Å². The number of hydrogen-bond donors (Lipinski definition) is 1. The van der Waals surface area contributed by atoms with Gasteiger partial charge in [0.15, 0.2) is 0 Å². The highest BCUT2D eigenvalue weighted by Gasteiger charge is 2.34. The van der Waals surface area contributed by atoms with Gasteiger partial charge in [0.05, 0.1) is 29.8 Å². The monoisotopic (exact) mass is 615 g/mol. The van der Waals surface area contributed by atoms with Crippen LogP contribution in [0.3, 0.4) is 0 Å². The number of anilines is 1. The van der Waals surface area contributed by atoms with E-state index in [1.165, 1.54) is 42.3 Å². The SMILES string of the molecule is CCC(C(=O)NC(C)(C)C)N(Cc1cccc(OC)c1)C(=O)CN(c1ccc(OC)c(Cl)c1)S(=O)(=O)c1ccccc1. The van der Waals surface area contributed by atoms with Crippen LogP contribution in [0.2, 0.25) is 5.02 Å². The Bertz CT molecular complexity index is 1490. The molecule has 9 nitrogen and oxygen atoms in total. The van der Waals surface area contributed by atoms with Crippen LogP contribution in [0.1, 0.15) is 39.7 Å². The second-order valence-electron chi connectivity index (χ2n) is 10.7. The molecule has 11 heteroatoms. The molecule has 226 valence electrons. The van der Waals surface area contributed by atoms with Crippen LogP contribution < -0.4 is 19.1 Å². The molecule has 0 aliphatic rings. The number of ether oxygens (including phenoxy) is 2. The molecule has 3 aromatic rings. The normalized spacial score (nSPS) is 12.3. The summed E-state index contributed by atoms with van der Waals surface area (Å²) in [7, 11) is -1.23. The molecule has 0 heterocycles. The third-order valence-electron chi connectivity index (χ3n) is 6.40. The zero-order valence-electron chi connectivity index (χ0n) is 24.8. The molecule has 0 fully saturated rings. The summed E-state index contributed by atoms with van der Waals surface area (Å²) in [5.41, 5.74) is 0.346. The largest absolute Gasteiger partial charge is 0.497 e. The van der Waals surface area contributed by atoms with Crippen molar-refractivity contribution < 1.29 is 27.5 Å². The van der Waals surface area contributed by atoms with Gasteiger partial charge in [0.1, 0.15) is 24.1 Å². The molecule has 1 N–H and O–H groups in total. The summed E-state index contributed by atoms with van der Waals surface area (Å²) < 4.78 is 39.5. The zero-order valence-corrected chi connectivity index (χ0v) is 26.3. The van der Waals surface area contributed by atoms with Crippen molar-refractivity contribution in [2.75, 3.05) is 25.1 Å². The van der Waals surface area contributed by atoms with Crippen LogP contribution in [0.25, 0.3) is 0 Å². The minimum absolute atomic E-state index is 0.00148. The minimum atomic E-state index is -4.22. The second-order valence-corrected chi connectivity index (χ2v) is 12.9. The Morgan fingerprint density at radius 1 is 0.952 bits per heavy atom. The van der Waals surface area contributed by atoms with E-state index in [-0.39, 0.29) is 28.1 Å². The van der Waals surface area contributed by atoms with E-state index in [1.807, 2.05) is 26.8 Å². The summed E-state index contributed by atoms with van der Waals surface area (Å²) in [4.78, 5) is 29.1. The summed E-state index contributed by atoms with van der Waals surface area (Å²) in [5.74, 6) is 0.0352. The summed E-state index contributed by atoms with van der Waals surface area (Å²) in [6, 6.07) is 18.6. The lowest BCUT2D eigenvalue weighted by Gasteiger charge is -2.35. The fourth-order valence-electron chi connectivity index (χ4n) is 4.40. The fourth-order valence-corrected chi connectivity index (χ4v) is 6.08. The fraction of sp³-hybridized carbons (Fsp3) is 0.355. The molecule has 2 amide bonds.